The van der Waals surface area contributed by atoms with Crippen molar-refractivity contribution in [2.75, 3.05) is 13.6 Å². The lowest BCUT2D eigenvalue weighted by Gasteiger charge is -2.15. The first kappa shape index (κ1) is 10.4. The van der Waals surface area contributed by atoms with Gasteiger partial charge in [-0.25, -0.2) is 0 Å². The SMILES string of the molecule is CNC1CCN(Cc2csc(=O)[nH]2)C1=O. The molecule has 1 saturated heterocycles. The summed E-state index contributed by atoms with van der Waals surface area (Å²) in [6.07, 6.45) is 0.837. The monoisotopic (exact) mass is 227 g/mol. The molecule has 15 heavy (non-hydrogen) atoms. The summed E-state index contributed by atoms with van der Waals surface area (Å²) in [5.74, 6) is 0.115. The van der Waals surface area contributed by atoms with Gasteiger partial charge in [0.2, 0.25) is 5.91 Å². The van der Waals surface area contributed by atoms with Crippen LogP contribution >= 0.6 is 11.3 Å². The molecule has 2 heterocycles. The number of carbonyl (C=O) groups excluding carboxylic acids is 1. The van der Waals surface area contributed by atoms with Crippen LogP contribution in [0.3, 0.4) is 0 Å². The van der Waals surface area contributed by atoms with Crippen molar-refractivity contribution in [3.05, 3.63) is 20.7 Å². The van der Waals surface area contributed by atoms with Crippen LogP contribution in [0.1, 0.15) is 12.1 Å². The van der Waals surface area contributed by atoms with Gasteiger partial charge in [0, 0.05) is 17.6 Å². The van der Waals surface area contributed by atoms with E-state index in [-0.39, 0.29) is 16.8 Å². The molecule has 2 N–H and O–H groups in total. The molecule has 2 rings (SSSR count). The summed E-state index contributed by atoms with van der Waals surface area (Å²) in [7, 11) is 1.79. The Morgan fingerprint density at radius 3 is 3.00 bits per heavy atom. The molecule has 0 aromatic carbocycles. The topological polar surface area (TPSA) is 65.2 Å². The summed E-state index contributed by atoms with van der Waals surface area (Å²) in [4.78, 5) is 27.0. The van der Waals surface area contributed by atoms with Crippen molar-refractivity contribution in [2.24, 2.45) is 0 Å². The smallest absolute Gasteiger partial charge is 0.304 e. The highest BCUT2D eigenvalue weighted by Crippen LogP contribution is 2.13. The predicted molar refractivity (Wildman–Crippen MR) is 57.8 cm³/mol. The van der Waals surface area contributed by atoms with Gasteiger partial charge in [0.25, 0.3) is 0 Å². The molecule has 6 heteroatoms. The number of carbonyl (C=O) groups is 1. The molecule has 1 aromatic rings. The van der Waals surface area contributed by atoms with Gasteiger partial charge in [-0.2, -0.15) is 0 Å². The van der Waals surface area contributed by atoms with Crippen LogP contribution in [0.15, 0.2) is 10.2 Å². The standard InChI is InChI=1S/C9H13N3O2S/c1-10-7-2-3-12(8(7)13)4-6-5-15-9(14)11-6/h5,7,10H,2-4H2,1H3,(H,11,14). The fraction of sp³-hybridized carbons (Fsp3) is 0.556. The van der Waals surface area contributed by atoms with E-state index in [4.69, 9.17) is 0 Å². The van der Waals surface area contributed by atoms with E-state index in [2.05, 4.69) is 10.3 Å². The van der Waals surface area contributed by atoms with Gasteiger partial charge >= 0.3 is 4.87 Å². The molecule has 1 aromatic heterocycles. The second-order valence-electron chi connectivity index (χ2n) is 3.56. The number of hydrogen-bond donors (Lipinski definition) is 2. The molecule has 1 fully saturated rings. The Hall–Kier alpha value is -1.14. The van der Waals surface area contributed by atoms with E-state index < -0.39 is 0 Å². The number of likely N-dealkylation sites (N-methyl/N-ethyl adjacent to an activating group) is 1. The van der Waals surface area contributed by atoms with E-state index in [0.717, 1.165) is 30.0 Å². The van der Waals surface area contributed by atoms with E-state index >= 15 is 0 Å². The Balaban J connectivity index is 2.02. The van der Waals surface area contributed by atoms with Crippen LogP contribution in [-0.4, -0.2) is 35.4 Å². The lowest BCUT2D eigenvalue weighted by atomic mass is 10.3. The highest BCUT2D eigenvalue weighted by Gasteiger charge is 2.30. The number of nitrogens with zero attached hydrogens (tertiary/aromatic N) is 1. The zero-order valence-corrected chi connectivity index (χ0v) is 9.26. The zero-order chi connectivity index (χ0) is 10.8. The largest absolute Gasteiger partial charge is 0.335 e. The summed E-state index contributed by atoms with van der Waals surface area (Å²) in [5, 5.41) is 4.74. The van der Waals surface area contributed by atoms with E-state index in [0.29, 0.717) is 6.54 Å². The molecule has 0 spiro atoms. The molecule has 1 unspecified atom stereocenters. The highest BCUT2D eigenvalue weighted by atomic mass is 32.1. The van der Waals surface area contributed by atoms with Gasteiger partial charge in [-0.1, -0.05) is 11.3 Å². The quantitative estimate of drug-likeness (QED) is 0.749. The van der Waals surface area contributed by atoms with E-state index in [9.17, 15) is 9.59 Å². The van der Waals surface area contributed by atoms with Crippen molar-refractivity contribution >= 4 is 17.2 Å². The van der Waals surface area contributed by atoms with Gasteiger partial charge in [-0.05, 0) is 13.5 Å². The summed E-state index contributed by atoms with van der Waals surface area (Å²) in [5.41, 5.74) is 0.815. The van der Waals surface area contributed by atoms with Crippen LogP contribution < -0.4 is 10.2 Å². The highest BCUT2D eigenvalue weighted by molar-refractivity contribution is 7.07. The van der Waals surface area contributed by atoms with E-state index in [1.165, 1.54) is 0 Å². The third-order valence-electron chi connectivity index (χ3n) is 2.58. The summed E-state index contributed by atoms with van der Waals surface area (Å²) < 4.78 is 0. The average Bonchev–Trinajstić information content (AvgIpc) is 2.76. The Kier molecular flexibility index (Phi) is 2.88. The Morgan fingerprint density at radius 2 is 2.47 bits per heavy atom. The maximum atomic E-state index is 11.7. The number of amides is 1. The van der Waals surface area contributed by atoms with Crippen molar-refractivity contribution in [1.29, 1.82) is 0 Å². The molecular formula is C9H13N3O2S. The number of rotatable bonds is 3. The first-order valence-corrected chi connectivity index (χ1v) is 5.71. The Morgan fingerprint density at radius 1 is 1.67 bits per heavy atom. The molecule has 0 aliphatic carbocycles. The van der Waals surface area contributed by atoms with Crippen molar-refractivity contribution < 1.29 is 4.79 Å². The molecule has 82 valence electrons. The molecule has 1 aliphatic rings. The Bertz CT molecular complexity index is 411. The second kappa shape index (κ2) is 4.16. The van der Waals surface area contributed by atoms with Crippen LogP contribution in [0.25, 0.3) is 0 Å². The van der Waals surface area contributed by atoms with Crippen molar-refractivity contribution in [3.8, 4) is 0 Å². The third-order valence-corrected chi connectivity index (χ3v) is 3.30. The van der Waals surface area contributed by atoms with Gasteiger partial charge in [-0.3, -0.25) is 9.59 Å². The van der Waals surface area contributed by atoms with Crippen LogP contribution in [0.5, 0.6) is 0 Å². The number of likely N-dealkylation sites (tertiary alicyclic amines) is 1. The molecule has 5 nitrogen and oxygen atoms in total. The molecule has 1 amide bonds. The van der Waals surface area contributed by atoms with Crippen molar-refractivity contribution in [1.82, 2.24) is 15.2 Å². The number of aromatic nitrogens is 1. The molecule has 0 bridgehead atoms. The number of nitrogens with one attached hydrogen (secondary N) is 2. The normalized spacial score (nSPS) is 21.3. The minimum atomic E-state index is -0.0678. The minimum Gasteiger partial charge on any atom is -0.335 e. The maximum absolute atomic E-state index is 11.7. The number of hydrogen-bond acceptors (Lipinski definition) is 4. The van der Waals surface area contributed by atoms with Crippen LogP contribution in [0.4, 0.5) is 0 Å². The van der Waals surface area contributed by atoms with Crippen LogP contribution in [0.2, 0.25) is 0 Å². The summed E-state index contributed by atoms with van der Waals surface area (Å²) in [6.45, 7) is 1.26. The first-order valence-electron chi connectivity index (χ1n) is 4.83. The summed E-state index contributed by atoms with van der Waals surface area (Å²) >= 11 is 1.13. The fourth-order valence-electron chi connectivity index (χ4n) is 1.76. The molecular weight excluding hydrogens is 214 g/mol. The first-order chi connectivity index (χ1) is 7.20. The lowest BCUT2D eigenvalue weighted by molar-refractivity contribution is -0.129. The fourth-order valence-corrected chi connectivity index (χ4v) is 2.33. The second-order valence-corrected chi connectivity index (χ2v) is 4.41. The van der Waals surface area contributed by atoms with Gasteiger partial charge in [0.05, 0.1) is 12.6 Å². The van der Waals surface area contributed by atoms with E-state index in [1.54, 1.807) is 17.3 Å². The molecule has 0 radical (unpaired) electrons. The van der Waals surface area contributed by atoms with Crippen LogP contribution in [-0.2, 0) is 11.3 Å². The number of aromatic amines is 1. The van der Waals surface area contributed by atoms with Gasteiger partial charge in [0.15, 0.2) is 0 Å². The van der Waals surface area contributed by atoms with Crippen LogP contribution in [0, 0.1) is 0 Å². The maximum Gasteiger partial charge on any atom is 0.304 e. The Labute approximate surface area is 91.1 Å². The number of thiazole rings is 1. The van der Waals surface area contributed by atoms with Gasteiger partial charge in [0.1, 0.15) is 0 Å². The third kappa shape index (κ3) is 2.10. The van der Waals surface area contributed by atoms with Gasteiger partial charge in [-0.15, -0.1) is 0 Å². The van der Waals surface area contributed by atoms with Crippen molar-refractivity contribution in [3.63, 3.8) is 0 Å². The number of H-pyrrole nitrogens is 1. The molecule has 1 aliphatic heterocycles. The summed E-state index contributed by atoms with van der Waals surface area (Å²) in [6, 6.07) is -0.0599. The van der Waals surface area contributed by atoms with Gasteiger partial charge < -0.3 is 15.2 Å². The minimum absolute atomic E-state index is 0.0599. The van der Waals surface area contributed by atoms with E-state index in [1.807, 2.05) is 0 Å². The zero-order valence-electron chi connectivity index (χ0n) is 8.45. The average molecular weight is 227 g/mol. The van der Waals surface area contributed by atoms with Crippen molar-refractivity contribution in [2.45, 2.75) is 19.0 Å². The predicted octanol–water partition coefficient (Wildman–Crippen LogP) is -0.243. The molecule has 1 atom stereocenters. The lowest BCUT2D eigenvalue weighted by Crippen LogP contribution is -2.36. The molecule has 0 saturated carbocycles.